The van der Waals surface area contributed by atoms with Gasteiger partial charge in [-0.2, -0.15) is 17.0 Å². The molecule has 2 rings (SSSR count). The molecule has 1 saturated carbocycles. The van der Waals surface area contributed by atoms with Crippen LogP contribution in [0.5, 0.6) is 0 Å². The molecule has 1 aliphatic carbocycles. The van der Waals surface area contributed by atoms with E-state index in [2.05, 4.69) is 25.7 Å². The number of hydrogen-bond acceptors (Lipinski definition) is 3. The third-order valence-corrected chi connectivity index (χ3v) is 6.30. The first-order valence-corrected chi connectivity index (χ1v) is 9.49. The van der Waals surface area contributed by atoms with Crippen molar-refractivity contribution in [3.05, 3.63) is 12.7 Å². The molecule has 0 aromatic carbocycles. The van der Waals surface area contributed by atoms with Crippen molar-refractivity contribution in [1.82, 2.24) is 13.9 Å². The Hall–Kier alpha value is -0.430. The van der Waals surface area contributed by atoms with Gasteiger partial charge in [0.1, 0.15) is 0 Å². The summed E-state index contributed by atoms with van der Waals surface area (Å²) in [7, 11) is -3.36. The molecule has 1 atom stereocenters. The second-order valence-corrected chi connectivity index (χ2v) is 8.25. The molecule has 1 unspecified atom stereocenters. The van der Waals surface area contributed by atoms with Gasteiger partial charge in [-0.05, 0) is 25.7 Å². The Kier molecular flexibility index (Phi) is 5.82. The molecule has 0 spiro atoms. The Bertz CT molecular complexity index is 446. The lowest BCUT2D eigenvalue weighted by Gasteiger charge is -2.38. The maximum atomic E-state index is 13.0. The molecule has 122 valence electrons. The van der Waals surface area contributed by atoms with Gasteiger partial charge in [0, 0.05) is 37.8 Å². The van der Waals surface area contributed by atoms with Crippen molar-refractivity contribution < 1.29 is 8.42 Å². The molecule has 0 bridgehead atoms. The van der Waals surface area contributed by atoms with Gasteiger partial charge in [0.2, 0.25) is 0 Å². The Morgan fingerprint density at radius 1 is 1.33 bits per heavy atom. The predicted molar refractivity (Wildman–Crippen MR) is 86.3 cm³/mol. The SMILES string of the molecule is C=CCN(C1CC1)S(=O)(=O)N1CCCCC1CNC(C)C. The number of nitrogens with one attached hydrogen (secondary N) is 1. The Morgan fingerprint density at radius 2 is 2.05 bits per heavy atom. The zero-order valence-electron chi connectivity index (χ0n) is 13.3. The number of nitrogens with zero attached hydrogens (tertiary/aromatic N) is 2. The van der Waals surface area contributed by atoms with E-state index in [1.54, 1.807) is 14.7 Å². The minimum Gasteiger partial charge on any atom is -0.313 e. The second kappa shape index (κ2) is 7.22. The van der Waals surface area contributed by atoms with Gasteiger partial charge in [-0.3, -0.25) is 0 Å². The first-order valence-electron chi connectivity index (χ1n) is 8.09. The van der Waals surface area contributed by atoms with Crippen LogP contribution in [0.1, 0.15) is 46.0 Å². The van der Waals surface area contributed by atoms with Crippen LogP contribution in [0.4, 0.5) is 0 Å². The van der Waals surface area contributed by atoms with Crippen molar-refractivity contribution in [2.24, 2.45) is 0 Å². The number of piperidine rings is 1. The molecule has 1 aliphatic heterocycles. The van der Waals surface area contributed by atoms with Crippen LogP contribution in [0, 0.1) is 0 Å². The molecule has 1 heterocycles. The van der Waals surface area contributed by atoms with Gasteiger partial charge in [-0.25, -0.2) is 0 Å². The monoisotopic (exact) mass is 315 g/mol. The smallest absolute Gasteiger partial charge is 0.282 e. The molecular formula is C15H29N3O2S. The van der Waals surface area contributed by atoms with E-state index < -0.39 is 10.2 Å². The number of hydrogen-bond donors (Lipinski definition) is 1. The van der Waals surface area contributed by atoms with E-state index in [1.165, 1.54) is 0 Å². The Labute approximate surface area is 129 Å². The molecule has 0 aromatic rings. The largest absolute Gasteiger partial charge is 0.313 e. The quantitative estimate of drug-likeness (QED) is 0.694. The van der Waals surface area contributed by atoms with E-state index in [1.807, 2.05) is 0 Å². The average Bonchev–Trinajstić information content (AvgIpc) is 3.27. The highest BCUT2D eigenvalue weighted by molar-refractivity contribution is 7.86. The van der Waals surface area contributed by atoms with Crippen LogP contribution in [-0.2, 0) is 10.2 Å². The van der Waals surface area contributed by atoms with E-state index in [4.69, 9.17) is 0 Å². The fourth-order valence-electron chi connectivity index (χ4n) is 2.91. The van der Waals surface area contributed by atoms with Gasteiger partial charge in [0.05, 0.1) is 0 Å². The van der Waals surface area contributed by atoms with Crippen LogP contribution < -0.4 is 5.32 Å². The van der Waals surface area contributed by atoms with Crippen LogP contribution in [-0.4, -0.2) is 54.8 Å². The van der Waals surface area contributed by atoms with Gasteiger partial charge in [-0.1, -0.05) is 26.3 Å². The van der Waals surface area contributed by atoms with Crippen molar-refractivity contribution in [2.45, 2.75) is 64.1 Å². The highest BCUT2D eigenvalue weighted by Gasteiger charge is 2.42. The van der Waals surface area contributed by atoms with E-state index in [9.17, 15) is 8.42 Å². The van der Waals surface area contributed by atoms with Crippen molar-refractivity contribution >= 4 is 10.2 Å². The maximum Gasteiger partial charge on any atom is 0.282 e. The fraction of sp³-hybridized carbons (Fsp3) is 0.867. The maximum absolute atomic E-state index is 13.0. The van der Waals surface area contributed by atoms with E-state index in [0.717, 1.165) is 38.6 Å². The second-order valence-electron chi connectivity index (χ2n) is 6.42. The lowest BCUT2D eigenvalue weighted by Crippen LogP contribution is -2.54. The van der Waals surface area contributed by atoms with Crippen LogP contribution in [0.25, 0.3) is 0 Å². The summed E-state index contributed by atoms with van der Waals surface area (Å²) in [6.45, 7) is 9.71. The van der Waals surface area contributed by atoms with Gasteiger partial charge in [-0.15, -0.1) is 6.58 Å². The summed E-state index contributed by atoms with van der Waals surface area (Å²) in [6.07, 6.45) is 6.68. The summed E-state index contributed by atoms with van der Waals surface area (Å²) in [5.74, 6) is 0. The van der Waals surface area contributed by atoms with Crippen LogP contribution in [0.2, 0.25) is 0 Å². The molecular weight excluding hydrogens is 286 g/mol. The summed E-state index contributed by atoms with van der Waals surface area (Å²) in [4.78, 5) is 0. The van der Waals surface area contributed by atoms with Crippen molar-refractivity contribution in [1.29, 1.82) is 0 Å². The molecule has 2 fully saturated rings. The predicted octanol–water partition coefficient (Wildman–Crippen LogP) is 1.73. The summed E-state index contributed by atoms with van der Waals surface area (Å²) in [5, 5.41) is 3.39. The Balaban J connectivity index is 2.11. The van der Waals surface area contributed by atoms with Crippen LogP contribution in [0.15, 0.2) is 12.7 Å². The third kappa shape index (κ3) is 4.28. The van der Waals surface area contributed by atoms with Gasteiger partial charge < -0.3 is 5.32 Å². The lowest BCUT2D eigenvalue weighted by molar-refractivity contribution is 0.224. The minimum absolute atomic E-state index is 0.0808. The molecule has 21 heavy (non-hydrogen) atoms. The zero-order chi connectivity index (χ0) is 15.5. The minimum atomic E-state index is -3.36. The highest BCUT2D eigenvalue weighted by Crippen LogP contribution is 2.32. The summed E-state index contributed by atoms with van der Waals surface area (Å²) in [6, 6.07) is 0.648. The van der Waals surface area contributed by atoms with Crippen LogP contribution in [0.3, 0.4) is 0 Å². The van der Waals surface area contributed by atoms with E-state index >= 15 is 0 Å². The summed E-state index contributed by atoms with van der Waals surface area (Å²) >= 11 is 0. The van der Waals surface area contributed by atoms with Gasteiger partial charge in [0.25, 0.3) is 10.2 Å². The third-order valence-electron chi connectivity index (χ3n) is 4.19. The standard InChI is InChI=1S/C15H29N3O2S/c1-4-10-17(14-8-9-14)21(19,20)18-11-6-5-7-15(18)12-16-13(2)3/h4,13-16H,1,5-12H2,2-3H3. The van der Waals surface area contributed by atoms with E-state index in [-0.39, 0.29) is 12.1 Å². The zero-order valence-corrected chi connectivity index (χ0v) is 14.1. The first kappa shape index (κ1) is 16.9. The molecule has 0 amide bonds. The molecule has 1 N–H and O–H groups in total. The molecule has 6 heteroatoms. The first-order chi connectivity index (χ1) is 9.96. The molecule has 1 saturated heterocycles. The van der Waals surface area contributed by atoms with Crippen LogP contribution >= 0.6 is 0 Å². The van der Waals surface area contributed by atoms with Crippen molar-refractivity contribution in [3.8, 4) is 0 Å². The normalized spacial score (nSPS) is 24.7. The van der Waals surface area contributed by atoms with Crippen molar-refractivity contribution in [3.63, 3.8) is 0 Å². The Morgan fingerprint density at radius 3 is 2.62 bits per heavy atom. The van der Waals surface area contributed by atoms with E-state index in [0.29, 0.717) is 19.1 Å². The number of rotatable bonds is 8. The molecule has 5 nitrogen and oxygen atoms in total. The average molecular weight is 315 g/mol. The molecule has 0 aromatic heterocycles. The molecule has 0 radical (unpaired) electrons. The summed E-state index contributed by atoms with van der Waals surface area (Å²) in [5.41, 5.74) is 0. The summed E-state index contributed by atoms with van der Waals surface area (Å²) < 4.78 is 29.4. The molecule has 2 aliphatic rings. The topological polar surface area (TPSA) is 52.7 Å². The highest BCUT2D eigenvalue weighted by atomic mass is 32.2. The fourth-order valence-corrected chi connectivity index (χ4v) is 4.98. The van der Waals surface area contributed by atoms with Gasteiger partial charge in [0.15, 0.2) is 0 Å². The van der Waals surface area contributed by atoms with Gasteiger partial charge >= 0.3 is 0 Å². The van der Waals surface area contributed by atoms with Crippen molar-refractivity contribution in [2.75, 3.05) is 19.6 Å². The lowest BCUT2D eigenvalue weighted by atomic mass is 10.0.